The van der Waals surface area contributed by atoms with E-state index in [1.54, 1.807) is 7.11 Å². The Labute approximate surface area is 493 Å². The number of carbonyl (C=O) groups is 1. The highest BCUT2D eigenvalue weighted by Crippen LogP contribution is 2.42. The fraction of sp³-hybridized carbons (Fsp3) is 0.451. The van der Waals surface area contributed by atoms with Crippen LogP contribution < -0.4 is 25.5 Å². The summed E-state index contributed by atoms with van der Waals surface area (Å²) >= 11 is 0. The van der Waals surface area contributed by atoms with Gasteiger partial charge in [0, 0.05) is 24.9 Å². The van der Waals surface area contributed by atoms with E-state index in [1.807, 2.05) is 56.3 Å². The van der Waals surface area contributed by atoms with Crippen molar-refractivity contribution in [1.29, 1.82) is 0 Å². The summed E-state index contributed by atoms with van der Waals surface area (Å²) in [4.78, 5) is 15.3. The van der Waals surface area contributed by atoms with E-state index in [9.17, 15) is 0 Å². The maximum Gasteiger partial charge on any atom is 0.261 e. The zero-order chi connectivity index (χ0) is 58.4. The zero-order valence-corrected chi connectivity index (χ0v) is 52.9. The van der Waals surface area contributed by atoms with E-state index >= 15 is 4.79 Å². The van der Waals surface area contributed by atoms with Crippen LogP contribution in [0, 0.1) is 11.3 Å². The van der Waals surface area contributed by atoms with Gasteiger partial charge in [-0.15, -0.1) is 0 Å². The van der Waals surface area contributed by atoms with Crippen LogP contribution >= 0.6 is 0 Å². The van der Waals surface area contributed by atoms with E-state index in [0.29, 0.717) is 71.7 Å². The Kier molecular flexibility index (Phi) is 21.5. The second-order valence-corrected chi connectivity index (χ2v) is 34.3. The van der Waals surface area contributed by atoms with Gasteiger partial charge in [0.05, 0.1) is 64.6 Å². The van der Waals surface area contributed by atoms with E-state index < -0.39 is 27.8 Å². The number of hydrogen-bond donors (Lipinski definition) is 0. The van der Waals surface area contributed by atoms with Crippen molar-refractivity contribution in [2.24, 2.45) is 11.3 Å². The van der Waals surface area contributed by atoms with Crippen molar-refractivity contribution in [2.45, 2.75) is 161 Å². The lowest BCUT2D eigenvalue weighted by Gasteiger charge is -2.45. The molecule has 0 aromatic heterocycles. The normalized spacial score (nSPS) is 19.9. The first-order valence-electron chi connectivity index (χ1n) is 29.8. The Bertz CT molecular complexity index is 2820. The number of ketones is 1. The van der Waals surface area contributed by atoms with E-state index in [2.05, 4.69) is 195 Å². The first-order valence-corrected chi connectivity index (χ1v) is 33.6. The summed E-state index contributed by atoms with van der Waals surface area (Å²) in [5, 5.41) is 4.67. The summed E-state index contributed by atoms with van der Waals surface area (Å²) in [6.45, 7) is 24.7. The van der Waals surface area contributed by atoms with Crippen LogP contribution in [-0.2, 0) is 50.5 Å². The standard InChI is InChI=1S/C71H92O9Si2/c1-68(2,3)81(63-29-19-13-20-30-63,64-31-21-14-22-32-64)76-43-41-56-45-60(78-62(46-56)53-75-51-55-37-39-58(73-11)40-38-55)49-67(72)70(7,8)57(52-74-50-54-27-17-12-18-28-54)47-61-48-59(79-71(9,10)80-61)42-44-77-82(69(4,5)6,65-33-23-15-24-34-65)66-35-25-16-26-36-66/h12-41,57,59-62H,42-53H2,1-11H3/b56-41-/t57-,59+,60+,61+,62-/m1/s1. The molecule has 438 valence electrons. The number of rotatable bonds is 26. The van der Waals surface area contributed by atoms with Crippen molar-refractivity contribution < 1.29 is 42.1 Å². The first kappa shape index (κ1) is 62.7. The van der Waals surface area contributed by atoms with Gasteiger partial charge in [-0.1, -0.05) is 231 Å². The highest BCUT2D eigenvalue weighted by Gasteiger charge is 2.52. The van der Waals surface area contributed by atoms with Crippen LogP contribution in [0.4, 0.5) is 0 Å². The number of benzene rings is 6. The van der Waals surface area contributed by atoms with E-state index in [1.165, 1.54) is 26.3 Å². The van der Waals surface area contributed by atoms with Crippen molar-refractivity contribution >= 4 is 43.2 Å². The molecule has 2 heterocycles. The summed E-state index contributed by atoms with van der Waals surface area (Å²) < 4.78 is 53.7. The summed E-state index contributed by atoms with van der Waals surface area (Å²) in [5.74, 6) is -0.0939. The lowest BCUT2D eigenvalue weighted by Crippen LogP contribution is -2.66. The third-order valence-corrected chi connectivity index (χ3v) is 27.0. The van der Waals surface area contributed by atoms with Crippen LogP contribution in [0.15, 0.2) is 188 Å². The molecule has 2 aliphatic rings. The second kappa shape index (κ2) is 28.0. The van der Waals surface area contributed by atoms with Gasteiger partial charge in [0.1, 0.15) is 11.5 Å². The van der Waals surface area contributed by atoms with Crippen molar-refractivity contribution in [3.8, 4) is 5.75 Å². The molecule has 2 fully saturated rings. The van der Waals surface area contributed by atoms with Crippen molar-refractivity contribution in [1.82, 2.24) is 0 Å². The minimum Gasteiger partial charge on any atom is -0.497 e. The lowest BCUT2D eigenvalue weighted by atomic mass is 9.71. The highest BCUT2D eigenvalue weighted by molar-refractivity contribution is 7.00. The second-order valence-electron chi connectivity index (χ2n) is 25.7. The molecule has 6 aromatic carbocycles. The quantitative estimate of drug-likeness (QED) is 0.0389. The van der Waals surface area contributed by atoms with Gasteiger partial charge in [0.15, 0.2) is 5.79 Å². The monoisotopic (exact) mass is 1140 g/mol. The summed E-state index contributed by atoms with van der Waals surface area (Å²) in [7, 11) is -3.90. The van der Waals surface area contributed by atoms with Gasteiger partial charge in [-0.05, 0) is 99.5 Å². The number of hydrogen-bond acceptors (Lipinski definition) is 9. The molecule has 6 aromatic rings. The van der Waals surface area contributed by atoms with E-state index in [4.69, 9.17) is 37.3 Å². The molecular weight excluding hydrogens is 1050 g/mol. The molecule has 0 saturated carbocycles. The average Bonchev–Trinajstić information content (AvgIpc) is 2.15. The van der Waals surface area contributed by atoms with Crippen molar-refractivity contribution in [3.63, 3.8) is 0 Å². The number of methoxy groups -OCH3 is 1. The van der Waals surface area contributed by atoms with Gasteiger partial charge in [-0.2, -0.15) is 0 Å². The molecule has 0 amide bonds. The number of Topliss-reactive ketones (excluding diaryl/α,β-unsaturated/α-hetero) is 1. The molecule has 0 aliphatic carbocycles. The number of ether oxygens (including phenoxy) is 6. The molecule has 0 radical (unpaired) electrons. The smallest absolute Gasteiger partial charge is 0.261 e. The Balaban J connectivity index is 1.02. The molecule has 0 unspecified atom stereocenters. The molecule has 11 heteroatoms. The highest BCUT2D eigenvalue weighted by atomic mass is 28.4. The van der Waals surface area contributed by atoms with Gasteiger partial charge in [0.25, 0.3) is 16.6 Å². The molecule has 0 spiro atoms. The van der Waals surface area contributed by atoms with Crippen LogP contribution in [0.5, 0.6) is 5.75 Å². The molecule has 5 atom stereocenters. The maximum atomic E-state index is 15.3. The van der Waals surface area contributed by atoms with Crippen molar-refractivity contribution in [2.75, 3.05) is 33.5 Å². The molecular formula is C71H92O9Si2. The molecule has 8 rings (SSSR count). The first-order chi connectivity index (χ1) is 39.2. The summed E-state index contributed by atoms with van der Waals surface area (Å²) in [5.41, 5.74) is 2.54. The topological polar surface area (TPSA) is 90.9 Å². The van der Waals surface area contributed by atoms with E-state index in [-0.39, 0.29) is 52.6 Å². The molecule has 0 bridgehead atoms. The zero-order valence-electron chi connectivity index (χ0n) is 50.9. The average molecular weight is 1150 g/mol. The predicted molar refractivity (Wildman–Crippen MR) is 336 cm³/mol. The van der Waals surface area contributed by atoms with Gasteiger partial charge < -0.3 is 37.3 Å². The predicted octanol–water partition coefficient (Wildman–Crippen LogP) is 13.3. The molecule has 0 N–H and O–H groups in total. The summed E-state index contributed by atoms with van der Waals surface area (Å²) in [6, 6.07) is 61.3. The fourth-order valence-corrected chi connectivity index (χ4v) is 21.7. The van der Waals surface area contributed by atoms with Crippen LogP contribution in [0.1, 0.15) is 119 Å². The summed E-state index contributed by atoms with van der Waals surface area (Å²) in [6.07, 6.45) is 4.85. The molecule has 9 nitrogen and oxygen atoms in total. The third-order valence-electron chi connectivity index (χ3n) is 16.9. The SMILES string of the molecule is COc1ccc(COC[C@H]2C/C(=C\CO[Si](c3ccccc3)(c3ccccc3)C(C)(C)C)C[C@@H](CC(=O)C(C)(C)[C@@H](COCc3ccccc3)C[C@H]3C[C@H](CCO[Si](c4ccccc4)(c4ccccc4)C(C)(C)C)OC(C)(C)O3)O2)cc1. The van der Waals surface area contributed by atoms with Crippen molar-refractivity contribution in [3.05, 3.63) is 199 Å². The molecule has 2 saturated heterocycles. The van der Waals surface area contributed by atoms with Crippen LogP contribution in [0.25, 0.3) is 0 Å². The van der Waals surface area contributed by atoms with E-state index in [0.717, 1.165) is 16.9 Å². The minimum atomic E-state index is -2.81. The van der Waals surface area contributed by atoms with Crippen LogP contribution in [-0.4, -0.2) is 86.2 Å². The van der Waals surface area contributed by atoms with Gasteiger partial charge in [-0.25, -0.2) is 0 Å². The Morgan fingerprint density at radius 1 is 0.585 bits per heavy atom. The maximum absolute atomic E-state index is 15.3. The Morgan fingerprint density at radius 3 is 1.56 bits per heavy atom. The Morgan fingerprint density at radius 2 is 1.05 bits per heavy atom. The minimum absolute atomic E-state index is 0.123. The van der Waals surface area contributed by atoms with Gasteiger partial charge in [0.2, 0.25) is 0 Å². The van der Waals surface area contributed by atoms with Gasteiger partial charge >= 0.3 is 0 Å². The van der Waals surface area contributed by atoms with Crippen LogP contribution in [0.2, 0.25) is 10.1 Å². The fourth-order valence-electron chi connectivity index (χ4n) is 12.6. The number of carbonyl (C=O) groups excluding carboxylic acids is 1. The third kappa shape index (κ3) is 15.7. The van der Waals surface area contributed by atoms with Gasteiger partial charge in [-0.3, -0.25) is 4.79 Å². The lowest BCUT2D eigenvalue weighted by molar-refractivity contribution is -0.304. The molecule has 82 heavy (non-hydrogen) atoms. The Hall–Kier alpha value is -5.32. The van der Waals surface area contributed by atoms with Crippen LogP contribution in [0.3, 0.4) is 0 Å². The largest absolute Gasteiger partial charge is 0.497 e. The molecule has 2 aliphatic heterocycles.